The smallest absolute Gasteiger partial charge is 0.335 e. The van der Waals surface area contributed by atoms with Crippen molar-refractivity contribution in [3.63, 3.8) is 0 Å². The third-order valence-electron chi connectivity index (χ3n) is 3.35. The van der Waals surface area contributed by atoms with Crippen LogP contribution in [0.3, 0.4) is 0 Å². The summed E-state index contributed by atoms with van der Waals surface area (Å²) in [6, 6.07) is 1.69. The van der Waals surface area contributed by atoms with Crippen molar-refractivity contribution in [3.05, 3.63) is 33.3 Å². The summed E-state index contributed by atoms with van der Waals surface area (Å²) in [6.45, 7) is 7.91. The van der Waals surface area contributed by atoms with Gasteiger partial charge in [-0.05, 0) is 55.4 Å². The summed E-state index contributed by atoms with van der Waals surface area (Å²) >= 11 is 6.22. The van der Waals surface area contributed by atoms with E-state index in [2.05, 4.69) is 13.8 Å². The molecule has 1 N–H and O–H groups in total. The Hall–Kier alpha value is -1.02. The average Bonchev–Trinajstić information content (AvgIpc) is 2.29. The summed E-state index contributed by atoms with van der Waals surface area (Å²) in [4.78, 5) is 11.3. The molecule has 0 saturated carbocycles. The maximum absolute atomic E-state index is 11.3. The number of hydrogen-bond donors (Lipinski definition) is 1. The summed E-state index contributed by atoms with van der Waals surface area (Å²) in [7, 11) is 0. The molecule has 1 aromatic carbocycles. The van der Waals surface area contributed by atoms with Gasteiger partial charge in [0.2, 0.25) is 0 Å². The first kappa shape index (κ1) is 14.0. The van der Waals surface area contributed by atoms with Crippen LogP contribution in [-0.4, -0.2) is 11.1 Å². The molecule has 0 spiro atoms. The molecule has 0 aliphatic rings. The van der Waals surface area contributed by atoms with Crippen LogP contribution in [0.5, 0.6) is 0 Å². The predicted molar refractivity (Wildman–Crippen MR) is 71.2 cm³/mol. The van der Waals surface area contributed by atoms with Gasteiger partial charge in [0.15, 0.2) is 0 Å². The molecule has 0 amide bonds. The van der Waals surface area contributed by atoms with E-state index in [0.717, 1.165) is 29.5 Å². The number of carboxylic acids is 1. The molecule has 3 heteroatoms. The average molecular weight is 255 g/mol. The van der Waals surface area contributed by atoms with Gasteiger partial charge in [-0.3, -0.25) is 0 Å². The molecule has 0 aliphatic heterocycles. The standard InChI is InChI=1S/C14H19ClO2/c1-5-10(6-2)12-9(4)13(15)8(3)7-11(12)14(16)17/h7,10H,5-6H2,1-4H3,(H,16,17). The first-order chi connectivity index (χ1) is 7.93. The van der Waals surface area contributed by atoms with Crippen LogP contribution in [0.25, 0.3) is 0 Å². The highest BCUT2D eigenvalue weighted by atomic mass is 35.5. The molecule has 0 atom stereocenters. The third-order valence-corrected chi connectivity index (χ3v) is 3.94. The highest BCUT2D eigenvalue weighted by Gasteiger charge is 2.21. The van der Waals surface area contributed by atoms with E-state index in [1.165, 1.54) is 0 Å². The monoisotopic (exact) mass is 254 g/mol. The van der Waals surface area contributed by atoms with Gasteiger partial charge in [0, 0.05) is 5.02 Å². The highest BCUT2D eigenvalue weighted by molar-refractivity contribution is 6.32. The summed E-state index contributed by atoms with van der Waals surface area (Å²) in [5.41, 5.74) is 3.05. The second-order valence-corrected chi connectivity index (χ2v) is 4.79. The van der Waals surface area contributed by atoms with Gasteiger partial charge in [0.25, 0.3) is 0 Å². The van der Waals surface area contributed by atoms with E-state index in [1.54, 1.807) is 6.07 Å². The van der Waals surface area contributed by atoms with Crippen LogP contribution in [-0.2, 0) is 0 Å². The van der Waals surface area contributed by atoms with E-state index >= 15 is 0 Å². The largest absolute Gasteiger partial charge is 0.478 e. The van der Waals surface area contributed by atoms with Gasteiger partial charge < -0.3 is 5.11 Å². The quantitative estimate of drug-likeness (QED) is 0.855. The molecule has 0 saturated heterocycles. The molecule has 0 unspecified atom stereocenters. The number of aromatic carboxylic acids is 1. The lowest BCUT2D eigenvalue weighted by atomic mass is 9.85. The molecule has 0 aromatic heterocycles. The number of hydrogen-bond acceptors (Lipinski definition) is 1. The molecule has 0 radical (unpaired) electrons. The van der Waals surface area contributed by atoms with Crippen LogP contribution in [0, 0.1) is 13.8 Å². The molecule has 0 bridgehead atoms. The van der Waals surface area contributed by atoms with Crippen molar-refractivity contribution in [1.29, 1.82) is 0 Å². The van der Waals surface area contributed by atoms with Crippen molar-refractivity contribution in [3.8, 4) is 0 Å². The maximum atomic E-state index is 11.3. The molecular weight excluding hydrogens is 236 g/mol. The molecule has 1 rings (SSSR count). The van der Waals surface area contributed by atoms with Gasteiger partial charge in [-0.15, -0.1) is 0 Å². The Bertz CT molecular complexity index is 434. The molecule has 0 heterocycles. The zero-order valence-corrected chi connectivity index (χ0v) is 11.6. The van der Waals surface area contributed by atoms with Gasteiger partial charge >= 0.3 is 5.97 Å². The van der Waals surface area contributed by atoms with Crippen LogP contribution < -0.4 is 0 Å². The minimum Gasteiger partial charge on any atom is -0.478 e. The molecular formula is C14H19ClO2. The van der Waals surface area contributed by atoms with Crippen LogP contribution >= 0.6 is 11.6 Å². The minimum atomic E-state index is -0.866. The fourth-order valence-electron chi connectivity index (χ4n) is 2.37. The van der Waals surface area contributed by atoms with Gasteiger partial charge in [0.1, 0.15) is 0 Å². The predicted octanol–water partition coefficient (Wildman–Crippen LogP) is 4.56. The Morgan fingerprint density at radius 1 is 1.35 bits per heavy atom. The first-order valence-electron chi connectivity index (χ1n) is 5.96. The van der Waals surface area contributed by atoms with E-state index in [0.29, 0.717) is 10.6 Å². The Labute approximate surface area is 108 Å². The lowest BCUT2D eigenvalue weighted by Crippen LogP contribution is -2.10. The zero-order valence-electron chi connectivity index (χ0n) is 10.8. The topological polar surface area (TPSA) is 37.3 Å². The Balaban J connectivity index is 3.54. The molecule has 2 nitrogen and oxygen atoms in total. The van der Waals surface area contributed by atoms with E-state index < -0.39 is 5.97 Å². The number of carboxylic acid groups (broad SMARTS) is 1. The summed E-state index contributed by atoms with van der Waals surface area (Å²) < 4.78 is 0. The Morgan fingerprint density at radius 2 is 1.88 bits per heavy atom. The van der Waals surface area contributed by atoms with E-state index in [-0.39, 0.29) is 5.92 Å². The first-order valence-corrected chi connectivity index (χ1v) is 6.34. The molecule has 0 aliphatic carbocycles. The Morgan fingerprint density at radius 3 is 2.29 bits per heavy atom. The van der Waals surface area contributed by atoms with Crippen LogP contribution in [0.1, 0.15) is 59.7 Å². The van der Waals surface area contributed by atoms with Crippen molar-refractivity contribution < 1.29 is 9.90 Å². The van der Waals surface area contributed by atoms with Crippen molar-refractivity contribution in [2.24, 2.45) is 0 Å². The maximum Gasteiger partial charge on any atom is 0.335 e. The molecule has 17 heavy (non-hydrogen) atoms. The van der Waals surface area contributed by atoms with Crippen LogP contribution in [0.15, 0.2) is 6.07 Å². The SMILES string of the molecule is CCC(CC)c1c(C(=O)O)cc(C)c(Cl)c1C. The van der Waals surface area contributed by atoms with Crippen LogP contribution in [0.4, 0.5) is 0 Å². The number of benzene rings is 1. The van der Waals surface area contributed by atoms with Crippen molar-refractivity contribution in [2.75, 3.05) is 0 Å². The lowest BCUT2D eigenvalue weighted by Gasteiger charge is -2.20. The van der Waals surface area contributed by atoms with Gasteiger partial charge in [0.05, 0.1) is 5.56 Å². The fourth-order valence-corrected chi connectivity index (χ4v) is 2.53. The molecule has 0 fully saturated rings. The normalized spacial score (nSPS) is 10.9. The highest BCUT2D eigenvalue weighted by Crippen LogP contribution is 2.35. The van der Waals surface area contributed by atoms with E-state index in [1.807, 2.05) is 13.8 Å². The van der Waals surface area contributed by atoms with Gasteiger partial charge in [-0.25, -0.2) is 4.79 Å². The van der Waals surface area contributed by atoms with Crippen LogP contribution in [0.2, 0.25) is 5.02 Å². The fraction of sp³-hybridized carbons (Fsp3) is 0.500. The molecule has 1 aromatic rings. The number of rotatable bonds is 4. The zero-order chi connectivity index (χ0) is 13.2. The Kier molecular flexibility index (Phi) is 4.58. The summed E-state index contributed by atoms with van der Waals surface area (Å²) in [6.07, 6.45) is 1.86. The number of carbonyl (C=O) groups is 1. The summed E-state index contributed by atoms with van der Waals surface area (Å²) in [5, 5.41) is 9.99. The molecule has 94 valence electrons. The third kappa shape index (κ3) is 2.63. The lowest BCUT2D eigenvalue weighted by molar-refractivity contribution is 0.0695. The second-order valence-electron chi connectivity index (χ2n) is 4.41. The summed E-state index contributed by atoms with van der Waals surface area (Å²) in [5.74, 6) is -0.603. The number of aryl methyl sites for hydroxylation is 1. The second kappa shape index (κ2) is 5.54. The minimum absolute atomic E-state index is 0.263. The van der Waals surface area contributed by atoms with E-state index in [9.17, 15) is 9.90 Å². The van der Waals surface area contributed by atoms with Gasteiger partial charge in [-0.1, -0.05) is 25.4 Å². The van der Waals surface area contributed by atoms with Crippen molar-refractivity contribution in [2.45, 2.75) is 46.5 Å². The van der Waals surface area contributed by atoms with E-state index in [4.69, 9.17) is 11.6 Å². The van der Waals surface area contributed by atoms with Crippen molar-refractivity contribution >= 4 is 17.6 Å². The number of halogens is 1. The van der Waals surface area contributed by atoms with Gasteiger partial charge in [-0.2, -0.15) is 0 Å². The van der Waals surface area contributed by atoms with Crippen molar-refractivity contribution in [1.82, 2.24) is 0 Å².